The molecule has 2 nitrogen and oxygen atoms in total. The Kier molecular flexibility index (Phi) is 5.71. The molecule has 3 heteroatoms. The number of nitrogens with zero attached hydrogens (tertiary/aromatic N) is 1. The summed E-state index contributed by atoms with van der Waals surface area (Å²) in [5, 5.41) is 3.38. The summed E-state index contributed by atoms with van der Waals surface area (Å²) in [6.45, 7) is 7.46. The van der Waals surface area contributed by atoms with Gasteiger partial charge in [-0.2, -0.15) is 0 Å². The van der Waals surface area contributed by atoms with Gasteiger partial charge in [-0.15, -0.1) is 0 Å². The van der Waals surface area contributed by atoms with Crippen LogP contribution in [0.15, 0.2) is 22.7 Å². The van der Waals surface area contributed by atoms with Gasteiger partial charge in [0.2, 0.25) is 0 Å². The maximum atomic E-state index is 3.76. The van der Waals surface area contributed by atoms with E-state index in [0.717, 1.165) is 25.7 Å². The second kappa shape index (κ2) is 7.30. The lowest BCUT2D eigenvalue weighted by atomic mass is 10.1. The average molecular weight is 325 g/mol. The van der Waals surface area contributed by atoms with Crippen LogP contribution in [-0.2, 0) is 6.54 Å². The zero-order valence-electron chi connectivity index (χ0n) is 12.1. The molecule has 0 amide bonds. The molecule has 1 fully saturated rings. The molecule has 106 valence electrons. The molecule has 0 atom stereocenters. The molecule has 1 saturated carbocycles. The topological polar surface area (TPSA) is 15.3 Å². The number of nitrogens with one attached hydrogen (secondary N) is 1. The van der Waals surface area contributed by atoms with Crippen molar-refractivity contribution in [2.75, 3.05) is 18.0 Å². The van der Waals surface area contributed by atoms with Gasteiger partial charge >= 0.3 is 0 Å². The van der Waals surface area contributed by atoms with Crippen molar-refractivity contribution in [2.45, 2.75) is 52.1 Å². The van der Waals surface area contributed by atoms with Gasteiger partial charge in [-0.05, 0) is 59.9 Å². The van der Waals surface area contributed by atoms with E-state index in [1.54, 1.807) is 0 Å². The summed E-state index contributed by atoms with van der Waals surface area (Å²) in [7, 11) is 0. The fourth-order valence-electron chi connectivity index (χ4n) is 3.00. The second-order valence-corrected chi connectivity index (χ2v) is 6.14. The first kappa shape index (κ1) is 14.9. The average Bonchev–Trinajstić information content (AvgIpc) is 2.93. The molecule has 0 bridgehead atoms. The molecule has 19 heavy (non-hydrogen) atoms. The Balaban J connectivity index is 2.13. The lowest BCUT2D eigenvalue weighted by Crippen LogP contribution is -2.33. The first-order chi connectivity index (χ1) is 9.26. The zero-order valence-corrected chi connectivity index (χ0v) is 13.7. The number of hydrogen-bond acceptors (Lipinski definition) is 2. The molecule has 0 unspecified atom stereocenters. The largest absolute Gasteiger partial charge is 0.368 e. The summed E-state index contributed by atoms with van der Waals surface area (Å²) >= 11 is 3.76. The lowest BCUT2D eigenvalue weighted by Gasteiger charge is -2.31. The van der Waals surface area contributed by atoms with E-state index >= 15 is 0 Å². The molecule has 0 radical (unpaired) electrons. The van der Waals surface area contributed by atoms with E-state index in [4.69, 9.17) is 0 Å². The number of hydrogen-bond donors (Lipinski definition) is 1. The molecule has 1 N–H and O–H groups in total. The SMILES string of the molecule is CCNCc1ccc(N(CC)C2CCCC2)c(Br)c1. The molecule has 2 rings (SSSR count). The minimum absolute atomic E-state index is 0.737. The van der Waals surface area contributed by atoms with E-state index in [1.807, 2.05) is 0 Å². The van der Waals surface area contributed by atoms with Gasteiger partial charge in [0.25, 0.3) is 0 Å². The molecule has 0 heterocycles. The summed E-state index contributed by atoms with van der Waals surface area (Å²) in [6, 6.07) is 7.52. The van der Waals surface area contributed by atoms with Gasteiger partial charge in [-0.25, -0.2) is 0 Å². The fourth-order valence-corrected chi connectivity index (χ4v) is 3.66. The third-order valence-electron chi connectivity index (χ3n) is 4.01. The Labute approximate surface area is 125 Å². The van der Waals surface area contributed by atoms with Crippen LogP contribution in [0, 0.1) is 0 Å². The van der Waals surface area contributed by atoms with Gasteiger partial charge in [0.05, 0.1) is 5.69 Å². The normalized spacial score (nSPS) is 15.9. The Bertz CT molecular complexity index is 400. The molecular formula is C16H25BrN2. The van der Waals surface area contributed by atoms with Gasteiger partial charge in [-0.3, -0.25) is 0 Å². The maximum Gasteiger partial charge on any atom is 0.0513 e. The summed E-state index contributed by atoms with van der Waals surface area (Å²) < 4.78 is 1.23. The van der Waals surface area contributed by atoms with Crippen LogP contribution in [0.5, 0.6) is 0 Å². The minimum Gasteiger partial charge on any atom is -0.368 e. The number of rotatable bonds is 6. The molecule has 1 aliphatic rings. The van der Waals surface area contributed by atoms with Gasteiger partial charge in [-0.1, -0.05) is 25.8 Å². The third-order valence-corrected chi connectivity index (χ3v) is 4.64. The highest BCUT2D eigenvalue weighted by molar-refractivity contribution is 9.10. The highest BCUT2D eigenvalue weighted by atomic mass is 79.9. The fraction of sp³-hybridized carbons (Fsp3) is 0.625. The van der Waals surface area contributed by atoms with E-state index < -0.39 is 0 Å². The van der Waals surface area contributed by atoms with Gasteiger partial charge < -0.3 is 10.2 Å². The molecule has 0 spiro atoms. The van der Waals surface area contributed by atoms with Crippen LogP contribution < -0.4 is 10.2 Å². The first-order valence-electron chi connectivity index (χ1n) is 7.52. The highest BCUT2D eigenvalue weighted by Gasteiger charge is 2.22. The smallest absolute Gasteiger partial charge is 0.0513 e. The van der Waals surface area contributed by atoms with Crippen molar-refractivity contribution in [2.24, 2.45) is 0 Å². The van der Waals surface area contributed by atoms with Crippen LogP contribution in [0.1, 0.15) is 45.1 Å². The molecule has 1 aromatic carbocycles. The van der Waals surface area contributed by atoms with Crippen LogP contribution in [0.2, 0.25) is 0 Å². The Morgan fingerprint density at radius 1 is 1.26 bits per heavy atom. The standard InChI is InChI=1S/C16H25BrN2/c1-3-18-12-13-9-10-16(15(17)11-13)19(4-2)14-7-5-6-8-14/h9-11,14,18H,3-8,12H2,1-2H3. The number of halogens is 1. The van der Waals surface area contributed by atoms with Crippen molar-refractivity contribution in [1.82, 2.24) is 5.32 Å². The minimum atomic E-state index is 0.737. The van der Waals surface area contributed by atoms with Gasteiger partial charge in [0.1, 0.15) is 0 Å². The summed E-state index contributed by atoms with van der Waals surface area (Å²) in [5.74, 6) is 0. The van der Waals surface area contributed by atoms with Crippen molar-refractivity contribution in [3.8, 4) is 0 Å². The van der Waals surface area contributed by atoms with E-state index in [9.17, 15) is 0 Å². The third kappa shape index (κ3) is 3.73. The predicted octanol–water partition coefficient (Wildman–Crippen LogP) is 4.33. The van der Waals surface area contributed by atoms with E-state index in [0.29, 0.717) is 0 Å². The molecule has 1 aliphatic carbocycles. The monoisotopic (exact) mass is 324 g/mol. The van der Waals surface area contributed by atoms with Crippen LogP contribution in [-0.4, -0.2) is 19.1 Å². The number of anilines is 1. The summed E-state index contributed by atoms with van der Waals surface area (Å²) in [6.07, 6.45) is 5.47. The Morgan fingerprint density at radius 3 is 2.58 bits per heavy atom. The summed E-state index contributed by atoms with van der Waals surface area (Å²) in [5.41, 5.74) is 2.70. The van der Waals surface area contributed by atoms with E-state index in [2.05, 4.69) is 58.2 Å². The molecular weight excluding hydrogens is 300 g/mol. The van der Waals surface area contributed by atoms with Gasteiger partial charge in [0.15, 0.2) is 0 Å². The predicted molar refractivity (Wildman–Crippen MR) is 86.8 cm³/mol. The van der Waals surface area contributed by atoms with Crippen LogP contribution in [0.4, 0.5) is 5.69 Å². The quantitative estimate of drug-likeness (QED) is 0.837. The first-order valence-corrected chi connectivity index (χ1v) is 8.31. The van der Waals surface area contributed by atoms with Crippen molar-refractivity contribution < 1.29 is 0 Å². The van der Waals surface area contributed by atoms with Crippen molar-refractivity contribution in [3.63, 3.8) is 0 Å². The van der Waals surface area contributed by atoms with Crippen LogP contribution >= 0.6 is 15.9 Å². The zero-order chi connectivity index (χ0) is 13.7. The Hall–Kier alpha value is -0.540. The highest BCUT2D eigenvalue weighted by Crippen LogP contribution is 2.33. The summed E-state index contributed by atoms with van der Waals surface area (Å²) in [4.78, 5) is 2.56. The maximum absolute atomic E-state index is 3.76. The molecule has 1 aromatic rings. The van der Waals surface area contributed by atoms with Crippen molar-refractivity contribution >= 4 is 21.6 Å². The van der Waals surface area contributed by atoms with Gasteiger partial charge in [0, 0.05) is 23.6 Å². The number of benzene rings is 1. The molecule has 0 aromatic heterocycles. The van der Waals surface area contributed by atoms with E-state index in [1.165, 1.54) is 41.4 Å². The molecule has 0 saturated heterocycles. The van der Waals surface area contributed by atoms with Crippen LogP contribution in [0.25, 0.3) is 0 Å². The Morgan fingerprint density at radius 2 is 2.00 bits per heavy atom. The lowest BCUT2D eigenvalue weighted by molar-refractivity contribution is 0.618. The molecule has 0 aliphatic heterocycles. The second-order valence-electron chi connectivity index (χ2n) is 5.29. The van der Waals surface area contributed by atoms with Crippen molar-refractivity contribution in [3.05, 3.63) is 28.2 Å². The van der Waals surface area contributed by atoms with Crippen molar-refractivity contribution in [1.29, 1.82) is 0 Å². The van der Waals surface area contributed by atoms with Crippen LogP contribution in [0.3, 0.4) is 0 Å². The van der Waals surface area contributed by atoms with E-state index in [-0.39, 0.29) is 0 Å².